The van der Waals surface area contributed by atoms with Crippen molar-refractivity contribution < 1.29 is 14.6 Å². The van der Waals surface area contributed by atoms with Gasteiger partial charge in [-0.25, -0.2) is 9.97 Å². The molecule has 5 rings (SSSR count). The number of carbonyl (C=O) groups excluding carboxylic acids is 1. The van der Waals surface area contributed by atoms with Crippen molar-refractivity contribution in [3.63, 3.8) is 0 Å². The summed E-state index contributed by atoms with van der Waals surface area (Å²) in [6.07, 6.45) is 5.82. The lowest BCUT2D eigenvalue weighted by atomic mass is 9.93. The summed E-state index contributed by atoms with van der Waals surface area (Å²) in [5.74, 6) is 2.61. The molecule has 9 nitrogen and oxygen atoms in total. The summed E-state index contributed by atoms with van der Waals surface area (Å²) in [6.45, 7) is 4.54. The van der Waals surface area contributed by atoms with Crippen molar-refractivity contribution in [1.29, 1.82) is 0 Å². The van der Waals surface area contributed by atoms with Crippen molar-refractivity contribution in [2.45, 2.75) is 38.2 Å². The average molecular weight is 531 g/mol. The first-order chi connectivity index (χ1) is 19.1. The van der Waals surface area contributed by atoms with E-state index in [4.69, 9.17) is 10.5 Å². The number of ether oxygens (including phenoxy) is 1. The molecule has 9 heteroatoms. The zero-order chi connectivity index (χ0) is 27.0. The molecule has 0 aliphatic carbocycles. The topological polar surface area (TPSA) is 117 Å². The Labute approximate surface area is 230 Å². The van der Waals surface area contributed by atoms with E-state index >= 15 is 0 Å². The molecule has 2 atom stereocenters. The molecule has 2 aliphatic heterocycles. The Bertz CT molecular complexity index is 1220. The molecule has 2 aliphatic rings. The van der Waals surface area contributed by atoms with E-state index in [1.165, 1.54) is 25.6 Å². The third-order valence-electron chi connectivity index (χ3n) is 7.69. The number of hydrogen-bond acceptors (Lipinski definition) is 8. The lowest BCUT2D eigenvalue weighted by molar-refractivity contribution is -0.135. The number of hydrogen-bond donors (Lipinski definition) is 3. The zero-order valence-electron chi connectivity index (χ0n) is 22.3. The van der Waals surface area contributed by atoms with Crippen LogP contribution in [-0.2, 0) is 4.79 Å². The fraction of sp³-hybridized carbons (Fsp3) is 0.433. The van der Waals surface area contributed by atoms with Crippen LogP contribution in [0.5, 0.6) is 11.5 Å². The van der Waals surface area contributed by atoms with Crippen molar-refractivity contribution in [2.75, 3.05) is 50.3 Å². The van der Waals surface area contributed by atoms with E-state index in [-0.39, 0.29) is 11.8 Å². The molecule has 39 heavy (non-hydrogen) atoms. The number of nitrogens with one attached hydrogen (secondary N) is 1. The second kappa shape index (κ2) is 12.9. The second-order valence-electron chi connectivity index (χ2n) is 10.4. The van der Waals surface area contributed by atoms with E-state index in [9.17, 15) is 9.90 Å². The molecule has 2 aromatic carbocycles. The number of nitrogens with two attached hydrogens (primary N) is 1. The van der Waals surface area contributed by atoms with Crippen LogP contribution >= 0.6 is 0 Å². The lowest BCUT2D eigenvalue weighted by Gasteiger charge is -2.36. The Morgan fingerprint density at radius 1 is 1.00 bits per heavy atom. The van der Waals surface area contributed by atoms with Gasteiger partial charge in [0.15, 0.2) is 0 Å². The third kappa shape index (κ3) is 7.04. The highest BCUT2D eigenvalue weighted by atomic mass is 16.5. The molecule has 2 saturated heterocycles. The van der Waals surface area contributed by atoms with Gasteiger partial charge in [0.2, 0.25) is 5.91 Å². The summed E-state index contributed by atoms with van der Waals surface area (Å²) in [5, 5.41) is 14.2. The van der Waals surface area contributed by atoms with Gasteiger partial charge in [-0.05, 0) is 62.2 Å². The SMILES string of the molecule is Nc1ncnc(NC[C@@H]2CCN(C(=O)CCN3CCCCC3)C[C@@H]2O)c1-c1ccc(Oc2ccccc2)cc1. The van der Waals surface area contributed by atoms with E-state index in [1.54, 1.807) is 0 Å². The summed E-state index contributed by atoms with van der Waals surface area (Å²) in [5.41, 5.74) is 7.84. The Morgan fingerprint density at radius 2 is 1.74 bits per heavy atom. The molecule has 2 fully saturated rings. The smallest absolute Gasteiger partial charge is 0.223 e. The standard InChI is InChI=1S/C30H38N6O3/c31-29-28(22-9-11-25(12-10-22)39-24-7-3-1-4-8-24)30(34-21-33-29)32-19-23-13-18-36(20-26(23)37)27(38)14-17-35-15-5-2-6-16-35/h1,3-4,7-12,21,23,26,37H,2,5-6,13-20H2,(H3,31,32,33,34)/t23-,26-/m0/s1. The largest absolute Gasteiger partial charge is 0.457 e. The lowest BCUT2D eigenvalue weighted by Crippen LogP contribution is -2.49. The molecule has 0 bridgehead atoms. The van der Waals surface area contributed by atoms with Crippen LogP contribution in [0.4, 0.5) is 11.6 Å². The summed E-state index contributed by atoms with van der Waals surface area (Å²) < 4.78 is 5.90. The number of likely N-dealkylation sites (tertiary alicyclic amines) is 2. The van der Waals surface area contributed by atoms with Gasteiger partial charge in [0.05, 0.1) is 11.7 Å². The molecule has 0 spiro atoms. The molecule has 0 unspecified atom stereocenters. The fourth-order valence-electron chi connectivity index (χ4n) is 5.40. The Kier molecular flexibility index (Phi) is 8.90. The summed E-state index contributed by atoms with van der Waals surface area (Å²) in [6, 6.07) is 17.3. The molecule has 1 aromatic heterocycles. The highest BCUT2D eigenvalue weighted by Gasteiger charge is 2.30. The number of aliphatic hydroxyl groups excluding tert-OH is 1. The number of anilines is 2. The Morgan fingerprint density at radius 3 is 2.49 bits per heavy atom. The Balaban J connectivity index is 1.16. The highest BCUT2D eigenvalue weighted by molar-refractivity contribution is 5.83. The third-order valence-corrected chi connectivity index (χ3v) is 7.69. The summed E-state index contributed by atoms with van der Waals surface area (Å²) in [4.78, 5) is 25.6. The van der Waals surface area contributed by atoms with E-state index in [1.807, 2.05) is 59.5 Å². The number of para-hydroxylation sites is 1. The minimum Gasteiger partial charge on any atom is -0.457 e. The number of carbonyl (C=O) groups is 1. The molecule has 3 aromatic rings. The first-order valence-corrected chi connectivity index (χ1v) is 13.9. The molecular weight excluding hydrogens is 492 g/mol. The van der Waals surface area contributed by atoms with Gasteiger partial charge >= 0.3 is 0 Å². The molecule has 3 heterocycles. The van der Waals surface area contributed by atoms with Gasteiger partial charge in [0.25, 0.3) is 0 Å². The van der Waals surface area contributed by atoms with Gasteiger partial charge in [-0.1, -0.05) is 36.8 Å². The summed E-state index contributed by atoms with van der Waals surface area (Å²) >= 11 is 0. The van der Waals surface area contributed by atoms with Crippen molar-refractivity contribution in [3.8, 4) is 22.6 Å². The molecule has 0 radical (unpaired) electrons. The van der Waals surface area contributed by atoms with Gasteiger partial charge in [0, 0.05) is 38.5 Å². The van der Waals surface area contributed by atoms with Crippen LogP contribution in [0, 0.1) is 5.92 Å². The zero-order valence-corrected chi connectivity index (χ0v) is 22.3. The van der Waals surface area contributed by atoms with Crippen molar-refractivity contribution in [2.24, 2.45) is 5.92 Å². The number of aromatic nitrogens is 2. The minimum atomic E-state index is -0.595. The van der Waals surface area contributed by atoms with Crippen molar-refractivity contribution in [1.82, 2.24) is 19.8 Å². The number of nitrogen functional groups attached to an aromatic ring is 1. The molecule has 0 saturated carbocycles. The van der Waals surface area contributed by atoms with Gasteiger partial charge in [-0.3, -0.25) is 4.79 Å². The predicted molar refractivity (Wildman–Crippen MR) is 152 cm³/mol. The summed E-state index contributed by atoms with van der Waals surface area (Å²) in [7, 11) is 0. The normalized spacial score (nSPS) is 20.0. The van der Waals surface area contributed by atoms with Gasteiger partial charge < -0.3 is 30.7 Å². The van der Waals surface area contributed by atoms with Crippen LogP contribution in [0.25, 0.3) is 11.1 Å². The number of benzene rings is 2. The van der Waals surface area contributed by atoms with Crippen LogP contribution in [0.1, 0.15) is 32.1 Å². The van der Waals surface area contributed by atoms with Crippen LogP contribution in [0.3, 0.4) is 0 Å². The molecular formula is C30H38N6O3. The highest BCUT2D eigenvalue weighted by Crippen LogP contribution is 2.33. The second-order valence-corrected chi connectivity index (χ2v) is 10.4. The number of aliphatic hydroxyl groups is 1. The van der Waals surface area contributed by atoms with Gasteiger partial charge in [-0.2, -0.15) is 0 Å². The average Bonchev–Trinajstić information content (AvgIpc) is 2.97. The maximum absolute atomic E-state index is 12.8. The van der Waals surface area contributed by atoms with Crippen LogP contribution in [0.15, 0.2) is 60.9 Å². The quantitative estimate of drug-likeness (QED) is 0.380. The van der Waals surface area contributed by atoms with Crippen LogP contribution in [0.2, 0.25) is 0 Å². The minimum absolute atomic E-state index is 0.00170. The Hall–Kier alpha value is -3.69. The number of β-amino-alcohol motifs (C(OH)–C–C–N with tert-alkyl or cyclic N) is 1. The van der Waals surface area contributed by atoms with E-state index in [0.717, 1.165) is 43.1 Å². The first-order valence-electron chi connectivity index (χ1n) is 13.9. The maximum atomic E-state index is 12.8. The van der Waals surface area contributed by atoms with Crippen LogP contribution < -0.4 is 15.8 Å². The van der Waals surface area contributed by atoms with E-state index < -0.39 is 6.10 Å². The first kappa shape index (κ1) is 26.9. The maximum Gasteiger partial charge on any atom is 0.223 e. The van der Waals surface area contributed by atoms with Crippen LogP contribution in [-0.4, -0.2) is 76.2 Å². The van der Waals surface area contributed by atoms with Gasteiger partial charge in [0.1, 0.15) is 29.5 Å². The number of piperidine rings is 2. The monoisotopic (exact) mass is 530 g/mol. The fourth-order valence-corrected chi connectivity index (χ4v) is 5.40. The van der Waals surface area contributed by atoms with E-state index in [2.05, 4.69) is 20.2 Å². The van der Waals surface area contributed by atoms with Crippen molar-refractivity contribution >= 4 is 17.5 Å². The predicted octanol–water partition coefficient (Wildman–Crippen LogP) is 4.02. The van der Waals surface area contributed by atoms with E-state index in [0.29, 0.717) is 43.3 Å². The number of rotatable bonds is 9. The molecule has 4 N–H and O–H groups in total. The number of amides is 1. The molecule has 1 amide bonds. The molecule has 206 valence electrons. The number of nitrogens with zero attached hydrogens (tertiary/aromatic N) is 4. The van der Waals surface area contributed by atoms with Gasteiger partial charge in [-0.15, -0.1) is 0 Å². The van der Waals surface area contributed by atoms with Crippen molar-refractivity contribution in [3.05, 3.63) is 60.9 Å².